The highest BCUT2D eigenvalue weighted by molar-refractivity contribution is 7.95. The fourth-order valence-corrected chi connectivity index (χ4v) is 5.37. The van der Waals surface area contributed by atoms with E-state index in [9.17, 15) is 0 Å². The van der Waals surface area contributed by atoms with Gasteiger partial charge < -0.3 is 4.18 Å². The summed E-state index contributed by atoms with van der Waals surface area (Å²) < 4.78 is 20.9. The van der Waals surface area contributed by atoms with Crippen molar-refractivity contribution in [3.8, 4) is 5.75 Å². The summed E-state index contributed by atoms with van der Waals surface area (Å²) in [5, 5.41) is 10.1. The van der Waals surface area contributed by atoms with Crippen molar-refractivity contribution >= 4 is 28.8 Å². The smallest absolute Gasteiger partial charge is 0.173 e. The number of aliphatic imine (C=N–C) groups is 1. The molecule has 0 saturated heterocycles. The van der Waals surface area contributed by atoms with Crippen LogP contribution in [0.4, 0.5) is 4.39 Å². The summed E-state index contributed by atoms with van der Waals surface area (Å²) in [6.45, 7) is 4.67. The van der Waals surface area contributed by atoms with Crippen molar-refractivity contribution in [3.63, 3.8) is 0 Å². The summed E-state index contributed by atoms with van der Waals surface area (Å²) in [4.78, 5) is 10.8. The molecule has 1 atom stereocenters. The number of nitrogens with zero attached hydrogens (tertiary/aromatic N) is 3. The maximum atomic E-state index is 15.1. The van der Waals surface area contributed by atoms with Crippen LogP contribution >= 0.6 is 12.0 Å². The molecule has 1 N–H and O–H groups in total. The summed E-state index contributed by atoms with van der Waals surface area (Å²) in [7, 11) is 0. The van der Waals surface area contributed by atoms with Gasteiger partial charge in [-0.3, -0.25) is 9.83 Å². The second-order valence-corrected chi connectivity index (χ2v) is 10.4. The van der Waals surface area contributed by atoms with Crippen LogP contribution in [0.1, 0.15) is 46.6 Å². The molecule has 0 radical (unpaired) electrons. The number of hydrogen-bond acceptors (Lipinski definition) is 7. The number of aromatic nitrogens is 2. The Morgan fingerprint density at radius 1 is 1.05 bits per heavy atom. The highest BCUT2D eigenvalue weighted by atomic mass is 32.2. The lowest BCUT2D eigenvalue weighted by molar-refractivity contribution is 0.0623. The van der Waals surface area contributed by atoms with Crippen LogP contribution in [0.5, 0.6) is 5.75 Å². The number of fused-ring (bicyclic) bond motifs is 1. The number of benzene rings is 3. The molecule has 6 nitrogen and oxygen atoms in total. The molecule has 0 spiro atoms. The molecule has 1 aliphatic carbocycles. The molecule has 37 heavy (non-hydrogen) atoms. The standard InChI is InChI=1S/C29H27FN4O2S/c1-17-10-11-20(18(2)14-17)15-21-16-35-34-28(31-21)26-23-6-3-4-8-24(23)32-33-29(26)37-36-25-9-5-7-22(27(25)30)19-12-13-19/h3-11,14,19,21H,12-13,15-16H2,1-2H3,(H,31,34). The molecule has 1 fully saturated rings. The van der Waals surface area contributed by atoms with Gasteiger partial charge >= 0.3 is 0 Å². The molecule has 0 bridgehead atoms. The van der Waals surface area contributed by atoms with Crippen LogP contribution in [-0.4, -0.2) is 28.7 Å². The van der Waals surface area contributed by atoms with Crippen LogP contribution in [0.15, 0.2) is 70.7 Å². The topological polar surface area (TPSA) is 68.6 Å². The Bertz CT molecular complexity index is 1510. The highest BCUT2D eigenvalue weighted by Crippen LogP contribution is 2.43. The van der Waals surface area contributed by atoms with E-state index in [-0.39, 0.29) is 23.5 Å². The summed E-state index contributed by atoms with van der Waals surface area (Å²) >= 11 is 0.983. The van der Waals surface area contributed by atoms with Crippen molar-refractivity contribution < 1.29 is 13.4 Å². The van der Waals surface area contributed by atoms with Crippen LogP contribution in [0.3, 0.4) is 0 Å². The van der Waals surface area contributed by atoms with Crippen molar-refractivity contribution in [2.45, 2.75) is 50.1 Å². The van der Waals surface area contributed by atoms with Gasteiger partial charge in [-0.1, -0.05) is 54.1 Å². The summed E-state index contributed by atoms with van der Waals surface area (Å²) in [6, 6.07) is 19.4. The van der Waals surface area contributed by atoms with Gasteiger partial charge in [0.05, 0.1) is 23.7 Å². The van der Waals surface area contributed by atoms with Crippen molar-refractivity contribution in [2.75, 3.05) is 6.61 Å². The van der Waals surface area contributed by atoms with Crippen molar-refractivity contribution in [3.05, 3.63) is 94.3 Å². The van der Waals surface area contributed by atoms with Gasteiger partial charge in [-0.2, -0.15) is 0 Å². The third-order valence-electron chi connectivity index (χ3n) is 6.80. The minimum Gasteiger partial charge on any atom is -0.416 e. The van der Waals surface area contributed by atoms with E-state index in [1.807, 2.05) is 36.4 Å². The van der Waals surface area contributed by atoms with E-state index in [4.69, 9.17) is 14.0 Å². The zero-order chi connectivity index (χ0) is 25.4. The van der Waals surface area contributed by atoms with Crippen molar-refractivity contribution in [1.29, 1.82) is 0 Å². The number of aryl methyl sites for hydroxylation is 2. The largest absolute Gasteiger partial charge is 0.416 e. The first-order chi connectivity index (χ1) is 18.1. The van der Waals surface area contributed by atoms with Crippen molar-refractivity contribution in [1.82, 2.24) is 15.7 Å². The molecule has 8 heteroatoms. The zero-order valence-electron chi connectivity index (χ0n) is 20.7. The van der Waals surface area contributed by atoms with Gasteiger partial charge in [0, 0.05) is 5.39 Å². The molecule has 2 aliphatic rings. The molecule has 4 aromatic rings. The van der Waals surface area contributed by atoms with E-state index in [0.717, 1.165) is 47.8 Å². The van der Waals surface area contributed by atoms with Gasteiger partial charge in [0.25, 0.3) is 0 Å². The predicted molar refractivity (Wildman–Crippen MR) is 143 cm³/mol. The molecule has 1 saturated carbocycles. The minimum atomic E-state index is -0.308. The molecule has 2 heterocycles. The Morgan fingerprint density at radius 2 is 1.92 bits per heavy atom. The molecule has 1 unspecified atom stereocenters. The predicted octanol–water partition coefficient (Wildman–Crippen LogP) is 6.24. The first-order valence-electron chi connectivity index (χ1n) is 12.5. The van der Waals surface area contributed by atoms with Crippen LogP contribution in [0.25, 0.3) is 10.9 Å². The number of hydrogen-bond donors (Lipinski definition) is 1. The normalized spacial score (nSPS) is 17.4. The first kappa shape index (κ1) is 23.9. The molecule has 1 aromatic heterocycles. The molecular weight excluding hydrogens is 487 g/mol. The molecule has 3 aromatic carbocycles. The lowest BCUT2D eigenvalue weighted by atomic mass is 9.99. The summed E-state index contributed by atoms with van der Waals surface area (Å²) in [5.41, 5.74) is 8.87. The Morgan fingerprint density at radius 3 is 2.76 bits per heavy atom. The quantitative estimate of drug-likeness (QED) is 0.294. The molecule has 0 amide bonds. The van der Waals surface area contributed by atoms with Gasteiger partial charge in [0.2, 0.25) is 0 Å². The molecule has 1 aliphatic heterocycles. The van der Waals surface area contributed by atoms with Crippen LogP contribution in [0.2, 0.25) is 0 Å². The number of halogens is 1. The average Bonchev–Trinajstić information content (AvgIpc) is 3.75. The SMILES string of the molecule is Cc1ccc(CC2CONC(c3c(SOc4cccc(C5CC5)c4F)nnc4ccccc34)=N2)c(C)c1. The maximum absolute atomic E-state index is 15.1. The summed E-state index contributed by atoms with van der Waals surface area (Å²) in [5.74, 6) is 0.734. The van der Waals surface area contributed by atoms with Crippen LogP contribution in [0, 0.1) is 19.7 Å². The fourth-order valence-electron chi connectivity index (χ4n) is 4.71. The zero-order valence-corrected chi connectivity index (χ0v) is 21.5. The lowest BCUT2D eigenvalue weighted by Crippen LogP contribution is -2.37. The maximum Gasteiger partial charge on any atom is 0.173 e. The Balaban J connectivity index is 1.33. The van der Waals surface area contributed by atoms with Crippen molar-refractivity contribution in [2.24, 2.45) is 4.99 Å². The Hall–Kier alpha value is -3.49. The van der Waals surface area contributed by atoms with Gasteiger partial charge in [-0.15, -0.1) is 10.2 Å². The van der Waals surface area contributed by atoms with Gasteiger partial charge in [-0.05, 0) is 67.9 Å². The van der Waals surface area contributed by atoms with Gasteiger partial charge in [0.15, 0.2) is 22.4 Å². The van der Waals surface area contributed by atoms with Crippen LogP contribution < -0.4 is 9.66 Å². The first-order valence-corrected chi connectivity index (χ1v) is 13.2. The van der Waals surface area contributed by atoms with Crippen LogP contribution in [-0.2, 0) is 11.3 Å². The van der Waals surface area contributed by atoms with E-state index in [0.29, 0.717) is 23.0 Å². The third-order valence-corrected chi connectivity index (χ3v) is 7.51. The molecular formula is C29H27FN4O2S. The van der Waals surface area contributed by atoms with E-state index < -0.39 is 0 Å². The summed E-state index contributed by atoms with van der Waals surface area (Å²) in [6.07, 6.45) is 2.79. The Kier molecular flexibility index (Phi) is 6.52. The second kappa shape index (κ2) is 10.1. The number of nitrogens with one attached hydrogen (secondary N) is 1. The number of rotatable bonds is 7. The van der Waals surface area contributed by atoms with Gasteiger partial charge in [0.1, 0.15) is 12.0 Å². The number of hydroxylamine groups is 1. The average molecular weight is 515 g/mol. The van der Waals surface area contributed by atoms with Gasteiger partial charge in [-0.25, -0.2) is 9.87 Å². The third kappa shape index (κ3) is 5.04. The monoisotopic (exact) mass is 514 g/mol. The number of amidine groups is 1. The van der Waals surface area contributed by atoms with E-state index >= 15 is 4.39 Å². The highest BCUT2D eigenvalue weighted by Gasteiger charge is 2.28. The Labute approximate surface area is 219 Å². The minimum absolute atomic E-state index is 0.0731. The molecule has 6 rings (SSSR count). The van der Waals surface area contributed by atoms with E-state index in [1.54, 1.807) is 6.07 Å². The molecule has 188 valence electrons. The lowest BCUT2D eigenvalue weighted by Gasteiger charge is -2.24. The van der Waals surface area contributed by atoms with E-state index in [1.165, 1.54) is 16.7 Å². The fraction of sp³-hybridized carbons (Fsp3) is 0.276. The van der Waals surface area contributed by atoms with E-state index in [2.05, 4.69) is 47.7 Å². The second-order valence-electron chi connectivity index (χ2n) is 9.68.